The van der Waals surface area contributed by atoms with E-state index in [2.05, 4.69) is 4.98 Å². The number of hydrogen-bond donors (Lipinski definition) is 0. The molecule has 1 aromatic heterocycles. The number of carbonyl (C=O) groups is 2. The number of hydrogen-bond acceptors (Lipinski definition) is 4. The van der Waals surface area contributed by atoms with Crippen molar-refractivity contribution in [3.05, 3.63) is 42.2 Å². The fourth-order valence-electron chi connectivity index (χ4n) is 2.75. The summed E-state index contributed by atoms with van der Waals surface area (Å²) in [6, 6.07) is 9.61. The second-order valence-electron chi connectivity index (χ2n) is 5.36. The van der Waals surface area contributed by atoms with Crippen molar-refractivity contribution >= 4 is 22.8 Å². The topological polar surface area (TPSA) is 62.7 Å². The number of benzene rings is 1. The van der Waals surface area contributed by atoms with E-state index in [4.69, 9.17) is 4.74 Å². The first-order valence-electron chi connectivity index (χ1n) is 7.75. The normalized spacial score (nSPS) is 14.8. The van der Waals surface area contributed by atoms with Crippen LogP contribution >= 0.6 is 0 Å². The number of nitrogens with zero attached hydrogens (tertiary/aromatic N) is 3. The molecular formula is C17H19N3O3. The molecule has 0 unspecified atom stereocenters. The van der Waals surface area contributed by atoms with E-state index in [0.717, 1.165) is 10.8 Å². The number of aromatic nitrogens is 1. The number of rotatable bonds is 2. The third kappa shape index (κ3) is 3.11. The van der Waals surface area contributed by atoms with Gasteiger partial charge in [0.15, 0.2) is 0 Å². The maximum absolute atomic E-state index is 12.7. The molecule has 23 heavy (non-hydrogen) atoms. The lowest BCUT2D eigenvalue weighted by Crippen LogP contribution is -2.50. The van der Waals surface area contributed by atoms with Crippen LogP contribution in [0.1, 0.15) is 17.4 Å². The molecule has 3 rings (SSSR count). The Bertz CT molecular complexity index is 719. The van der Waals surface area contributed by atoms with Gasteiger partial charge in [0.05, 0.1) is 6.61 Å². The number of carbonyl (C=O) groups excluding carboxylic acids is 2. The molecule has 2 amide bonds. The molecular weight excluding hydrogens is 294 g/mol. The lowest BCUT2D eigenvalue weighted by Gasteiger charge is -2.34. The van der Waals surface area contributed by atoms with Crippen LogP contribution in [0.2, 0.25) is 0 Å². The smallest absolute Gasteiger partial charge is 0.409 e. The van der Waals surface area contributed by atoms with E-state index in [0.29, 0.717) is 38.5 Å². The van der Waals surface area contributed by atoms with Gasteiger partial charge < -0.3 is 14.5 Å². The molecule has 0 aliphatic carbocycles. The van der Waals surface area contributed by atoms with Gasteiger partial charge in [0, 0.05) is 37.8 Å². The second kappa shape index (κ2) is 6.64. The van der Waals surface area contributed by atoms with Gasteiger partial charge in [-0.1, -0.05) is 24.3 Å². The number of pyridine rings is 1. The van der Waals surface area contributed by atoms with Crippen LogP contribution < -0.4 is 0 Å². The van der Waals surface area contributed by atoms with Gasteiger partial charge >= 0.3 is 6.09 Å². The van der Waals surface area contributed by atoms with Crippen LogP contribution in [0, 0.1) is 0 Å². The van der Waals surface area contributed by atoms with E-state index in [1.165, 1.54) is 0 Å². The largest absolute Gasteiger partial charge is 0.450 e. The summed E-state index contributed by atoms with van der Waals surface area (Å²) < 4.78 is 4.99. The minimum absolute atomic E-state index is 0.0923. The lowest BCUT2D eigenvalue weighted by atomic mass is 10.1. The number of fused-ring (bicyclic) bond motifs is 1. The molecule has 6 nitrogen and oxygen atoms in total. The highest BCUT2D eigenvalue weighted by atomic mass is 16.6. The highest BCUT2D eigenvalue weighted by molar-refractivity contribution is 6.05. The maximum atomic E-state index is 12.7. The number of piperazine rings is 1. The van der Waals surface area contributed by atoms with Crippen LogP contribution in [-0.4, -0.2) is 59.6 Å². The summed E-state index contributed by atoms with van der Waals surface area (Å²) in [4.78, 5) is 32.1. The van der Waals surface area contributed by atoms with Crippen LogP contribution in [0.25, 0.3) is 10.8 Å². The first-order chi connectivity index (χ1) is 11.2. The molecule has 6 heteroatoms. The molecule has 2 heterocycles. The van der Waals surface area contributed by atoms with Gasteiger partial charge in [0.1, 0.15) is 5.69 Å². The number of amides is 2. The van der Waals surface area contributed by atoms with Crippen LogP contribution in [0.15, 0.2) is 36.5 Å². The molecule has 1 saturated heterocycles. The monoisotopic (exact) mass is 313 g/mol. The molecule has 0 N–H and O–H groups in total. The minimum Gasteiger partial charge on any atom is -0.450 e. The third-order valence-electron chi connectivity index (χ3n) is 3.97. The zero-order valence-electron chi connectivity index (χ0n) is 13.1. The molecule has 2 aromatic rings. The predicted molar refractivity (Wildman–Crippen MR) is 86.2 cm³/mol. The Kier molecular flexibility index (Phi) is 4.41. The van der Waals surface area contributed by atoms with Crippen LogP contribution in [0.4, 0.5) is 4.79 Å². The highest BCUT2D eigenvalue weighted by Gasteiger charge is 2.26. The van der Waals surface area contributed by atoms with Gasteiger partial charge in [-0.25, -0.2) is 4.79 Å². The molecule has 0 atom stereocenters. The van der Waals surface area contributed by atoms with Gasteiger partial charge in [-0.05, 0) is 18.4 Å². The molecule has 0 saturated carbocycles. The summed E-state index contributed by atoms with van der Waals surface area (Å²) in [5, 5.41) is 1.85. The van der Waals surface area contributed by atoms with Crippen molar-refractivity contribution in [1.29, 1.82) is 0 Å². The van der Waals surface area contributed by atoms with Gasteiger partial charge in [-0.15, -0.1) is 0 Å². The fourth-order valence-corrected chi connectivity index (χ4v) is 2.75. The molecule has 1 fully saturated rings. The van der Waals surface area contributed by atoms with Crippen molar-refractivity contribution in [2.75, 3.05) is 32.8 Å². The van der Waals surface area contributed by atoms with E-state index in [1.54, 1.807) is 22.9 Å². The summed E-state index contributed by atoms with van der Waals surface area (Å²) in [5.41, 5.74) is 0.465. The molecule has 120 valence electrons. The van der Waals surface area contributed by atoms with Crippen LogP contribution in [0.5, 0.6) is 0 Å². The number of ether oxygens (including phenoxy) is 1. The standard InChI is InChI=1S/C17H19N3O3/c1-2-23-17(22)20-11-9-19(10-12-20)16(21)15-14-6-4-3-5-13(14)7-8-18-15/h3-8H,2,9-12H2,1H3. The average molecular weight is 313 g/mol. The predicted octanol–water partition coefficient (Wildman–Crippen LogP) is 2.15. The van der Waals surface area contributed by atoms with Crippen molar-refractivity contribution in [2.24, 2.45) is 0 Å². The minimum atomic E-state index is -0.317. The first-order valence-corrected chi connectivity index (χ1v) is 7.75. The highest BCUT2D eigenvalue weighted by Crippen LogP contribution is 2.18. The van der Waals surface area contributed by atoms with Gasteiger partial charge in [-0.2, -0.15) is 0 Å². The molecule has 0 spiro atoms. The van der Waals surface area contributed by atoms with Crippen LogP contribution in [-0.2, 0) is 4.74 Å². The van der Waals surface area contributed by atoms with E-state index in [1.807, 2.05) is 30.3 Å². The SMILES string of the molecule is CCOC(=O)N1CCN(C(=O)c2nccc3ccccc23)CC1. The Hall–Kier alpha value is -2.63. The quantitative estimate of drug-likeness (QED) is 0.852. The summed E-state index contributed by atoms with van der Waals surface area (Å²) in [7, 11) is 0. The van der Waals surface area contributed by atoms with Crippen molar-refractivity contribution in [3.63, 3.8) is 0 Å². The van der Waals surface area contributed by atoms with Crippen molar-refractivity contribution in [2.45, 2.75) is 6.92 Å². The third-order valence-corrected chi connectivity index (χ3v) is 3.97. The Balaban J connectivity index is 1.73. The molecule has 0 bridgehead atoms. The summed E-state index contributed by atoms with van der Waals surface area (Å²) >= 11 is 0. The summed E-state index contributed by atoms with van der Waals surface area (Å²) in [5.74, 6) is -0.0923. The summed E-state index contributed by atoms with van der Waals surface area (Å²) in [6.45, 7) is 4.08. The zero-order chi connectivity index (χ0) is 16.2. The maximum Gasteiger partial charge on any atom is 0.409 e. The average Bonchev–Trinajstić information content (AvgIpc) is 2.61. The van der Waals surface area contributed by atoms with Gasteiger partial charge in [-0.3, -0.25) is 9.78 Å². The van der Waals surface area contributed by atoms with E-state index in [-0.39, 0.29) is 12.0 Å². The van der Waals surface area contributed by atoms with Crippen LogP contribution in [0.3, 0.4) is 0 Å². The Morgan fingerprint density at radius 2 is 1.78 bits per heavy atom. The Morgan fingerprint density at radius 1 is 1.09 bits per heavy atom. The van der Waals surface area contributed by atoms with E-state index >= 15 is 0 Å². The molecule has 1 aliphatic rings. The van der Waals surface area contributed by atoms with Crippen molar-refractivity contribution in [3.8, 4) is 0 Å². The lowest BCUT2D eigenvalue weighted by molar-refractivity contribution is 0.0567. The van der Waals surface area contributed by atoms with E-state index < -0.39 is 0 Å². The van der Waals surface area contributed by atoms with Gasteiger partial charge in [0.2, 0.25) is 0 Å². The second-order valence-corrected chi connectivity index (χ2v) is 5.36. The Labute approximate surface area is 134 Å². The zero-order valence-corrected chi connectivity index (χ0v) is 13.1. The van der Waals surface area contributed by atoms with Gasteiger partial charge in [0.25, 0.3) is 5.91 Å². The van der Waals surface area contributed by atoms with E-state index in [9.17, 15) is 9.59 Å². The first kappa shape index (κ1) is 15.3. The summed E-state index contributed by atoms with van der Waals surface area (Å²) in [6.07, 6.45) is 1.34. The molecule has 1 aliphatic heterocycles. The Morgan fingerprint density at radius 3 is 2.52 bits per heavy atom. The molecule has 0 radical (unpaired) electrons. The van der Waals surface area contributed by atoms with Crippen molar-refractivity contribution < 1.29 is 14.3 Å². The fraction of sp³-hybridized carbons (Fsp3) is 0.353. The van der Waals surface area contributed by atoms with Crippen molar-refractivity contribution in [1.82, 2.24) is 14.8 Å². The molecule has 1 aromatic carbocycles.